The number of rotatable bonds is 7. The Balaban J connectivity index is 1.94. The molecule has 0 saturated carbocycles. The number of hydrogen-bond acceptors (Lipinski definition) is 5. The molecule has 23 heavy (non-hydrogen) atoms. The average molecular weight is 331 g/mol. The van der Waals surface area contributed by atoms with Crippen LogP contribution in [0, 0.1) is 13.8 Å². The number of nitrogens with zero attached hydrogens (tertiary/aromatic N) is 2. The van der Waals surface area contributed by atoms with Gasteiger partial charge in [0.15, 0.2) is 5.16 Å². The third-order valence-electron chi connectivity index (χ3n) is 2.92. The maximum atomic E-state index is 12.1. The first kappa shape index (κ1) is 17.3. The molecule has 0 atom stereocenters. The van der Waals surface area contributed by atoms with Crippen molar-refractivity contribution >= 4 is 23.4 Å². The van der Waals surface area contributed by atoms with Crippen molar-refractivity contribution in [2.45, 2.75) is 32.3 Å². The topological polar surface area (TPSA) is 64.1 Å². The monoisotopic (exact) mass is 331 g/mol. The number of hydrogen-bond donors (Lipinski definition) is 1. The Bertz CT molecular complexity index is 656. The van der Waals surface area contributed by atoms with Gasteiger partial charge in [-0.25, -0.2) is 9.97 Å². The number of amides is 1. The number of carbonyl (C=O) groups is 1. The molecule has 2 rings (SSSR count). The van der Waals surface area contributed by atoms with Gasteiger partial charge in [0.2, 0.25) is 5.91 Å². The number of nitrogens with one attached hydrogen (secondary N) is 1. The molecule has 1 aromatic carbocycles. The Morgan fingerprint density at radius 3 is 2.61 bits per heavy atom. The van der Waals surface area contributed by atoms with Gasteiger partial charge in [-0.3, -0.25) is 4.79 Å². The number of anilines is 1. The highest BCUT2D eigenvalue weighted by molar-refractivity contribution is 7.99. The molecule has 5 nitrogen and oxygen atoms in total. The van der Waals surface area contributed by atoms with Crippen molar-refractivity contribution in [3.05, 3.63) is 41.7 Å². The van der Waals surface area contributed by atoms with Gasteiger partial charge in [-0.15, -0.1) is 0 Å². The quantitative estimate of drug-likeness (QED) is 0.620. The van der Waals surface area contributed by atoms with E-state index in [0.29, 0.717) is 23.2 Å². The molecule has 0 radical (unpaired) electrons. The van der Waals surface area contributed by atoms with Crippen LogP contribution < -0.4 is 10.1 Å². The summed E-state index contributed by atoms with van der Waals surface area (Å²) in [6.45, 7) is 6.50. The zero-order chi connectivity index (χ0) is 16.7. The summed E-state index contributed by atoms with van der Waals surface area (Å²) in [7, 11) is 0. The van der Waals surface area contributed by atoms with E-state index in [1.807, 2.05) is 51.1 Å². The molecule has 1 amide bonds. The van der Waals surface area contributed by atoms with Crippen LogP contribution in [0.1, 0.15) is 24.7 Å². The van der Waals surface area contributed by atoms with Gasteiger partial charge in [0.25, 0.3) is 0 Å². The van der Waals surface area contributed by atoms with Crippen molar-refractivity contribution in [3.63, 3.8) is 0 Å². The van der Waals surface area contributed by atoms with Gasteiger partial charge in [0.1, 0.15) is 5.75 Å². The number of ether oxygens (including phenoxy) is 1. The van der Waals surface area contributed by atoms with Crippen LogP contribution in [-0.4, -0.2) is 28.2 Å². The van der Waals surface area contributed by atoms with Gasteiger partial charge in [-0.2, -0.15) is 0 Å². The number of aryl methyl sites for hydroxylation is 2. The standard InChI is InChI=1S/C17H21N3O2S/c1-4-9-22-15-8-6-5-7-14(15)20-16(21)11-23-17-18-12(2)10-13(3)19-17/h5-8,10H,4,9,11H2,1-3H3,(H,20,21). The zero-order valence-electron chi connectivity index (χ0n) is 13.6. The average Bonchev–Trinajstić information content (AvgIpc) is 2.51. The first-order chi connectivity index (χ1) is 11.1. The van der Waals surface area contributed by atoms with E-state index in [1.165, 1.54) is 11.8 Å². The third-order valence-corrected chi connectivity index (χ3v) is 3.76. The van der Waals surface area contributed by atoms with Gasteiger partial charge in [-0.05, 0) is 38.5 Å². The van der Waals surface area contributed by atoms with Crippen LogP contribution in [0.15, 0.2) is 35.5 Å². The van der Waals surface area contributed by atoms with Crippen LogP contribution in [0.2, 0.25) is 0 Å². The minimum Gasteiger partial charge on any atom is -0.491 e. The summed E-state index contributed by atoms with van der Waals surface area (Å²) < 4.78 is 5.64. The van der Waals surface area contributed by atoms with Crippen molar-refractivity contribution in [3.8, 4) is 5.75 Å². The zero-order valence-corrected chi connectivity index (χ0v) is 14.4. The van der Waals surface area contributed by atoms with E-state index < -0.39 is 0 Å². The van der Waals surface area contributed by atoms with Crippen LogP contribution in [0.3, 0.4) is 0 Å². The SMILES string of the molecule is CCCOc1ccccc1NC(=O)CSc1nc(C)cc(C)n1. The number of benzene rings is 1. The molecule has 0 aliphatic rings. The number of thioether (sulfide) groups is 1. The van der Waals surface area contributed by atoms with E-state index in [-0.39, 0.29) is 11.7 Å². The van der Waals surface area contributed by atoms with Crippen molar-refractivity contribution < 1.29 is 9.53 Å². The van der Waals surface area contributed by atoms with E-state index in [4.69, 9.17) is 4.74 Å². The molecular formula is C17H21N3O2S. The third kappa shape index (κ3) is 5.56. The predicted molar refractivity (Wildman–Crippen MR) is 93.1 cm³/mol. The van der Waals surface area contributed by atoms with E-state index in [1.54, 1.807) is 0 Å². The smallest absolute Gasteiger partial charge is 0.234 e. The Morgan fingerprint density at radius 1 is 1.22 bits per heavy atom. The molecule has 0 aliphatic heterocycles. The molecule has 122 valence electrons. The highest BCUT2D eigenvalue weighted by Crippen LogP contribution is 2.24. The minimum atomic E-state index is -0.106. The van der Waals surface area contributed by atoms with Gasteiger partial charge >= 0.3 is 0 Å². The second kappa shape index (κ2) is 8.53. The molecule has 0 fully saturated rings. The van der Waals surface area contributed by atoms with Gasteiger partial charge in [-0.1, -0.05) is 30.8 Å². The largest absolute Gasteiger partial charge is 0.491 e. The molecule has 2 aromatic rings. The van der Waals surface area contributed by atoms with Crippen LogP contribution in [-0.2, 0) is 4.79 Å². The van der Waals surface area contributed by atoms with E-state index in [9.17, 15) is 4.79 Å². The van der Waals surface area contributed by atoms with Gasteiger partial charge < -0.3 is 10.1 Å². The molecule has 0 aliphatic carbocycles. The molecule has 1 N–H and O–H groups in total. The second-order valence-electron chi connectivity index (χ2n) is 5.11. The van der Waals surface area contributed by atoms with Crippen molar-refractivity contribution in [2.75, 3.05) is 17.7 Å². The molecule has 0 bridgehead atoms. The fourth-order valence-electron chi connectivity index (χ4n) is 1.98. The summed E-state index contributed by atoms with van der Waals surface area (Å²) in [4.78, 5) is 20.8. The lowest BCUT2D eigenvalue weighted by atomic mass is 10.3. The van der Waals surface area contributed by atoms with E-state index in [0.717, 1.165) is 17.8 Å². The summed E-state index contributed by atoms with van der Waals surface area (Å²) >= 11 is 1.32. The molecule has 1 heterocycles. The molecule has 0 unspecified atom stereocenters. The normalized spacial score (nSPS) is 10.4. The fraction of sp³-hybridized carbons (Fsp3) is 0.353. The first-order valence-electron chi connectivity index (χ1n) is 7.55. The predicted octanol–water partition coefficient (Wildman–Crippen LogP) is 3.61. The van der Waals surface area contributed by atoms with E-state index in [2.05, 4.69) is 15.3 Å². The number of para-hydroxylation sites is 2. The lowest BCUT2D eigenvalue weighted by molar-refractivity contribution is -0.113. The van der Waals surface area contributed by atoms with Crippen LogP contribution in [0.5, 0.6) is 5.75 Å². The second-order valence-corrected chi connectivity index (χ2v) is 6.06. The minimum absolute atomic E-state index is 0.106. The lowest BCUT2D eigenvalue weighted by Gasteiger charge is -2.11. The van der Waals surface area contributed by atoms with Crippen molar-refractivity contribution in [1.29, 1.82) is 0 Å². The van der Waals surface area contributed by atoms with E-state index >= 15 is 0 Å². The number of aromatic nitrogens is 2. The molecule has 6 heteroatoms. The van der Waals surface area contributed by atoms with Gasteiger partial charge in [0.05, 0.1) is 18.0 Å². The Hall–Kier alpha value is -2.08. The summed E-state index contributed by atoms with van der Waals surface area (Å²) in [5.74, 6) is 0.839. The van der Waals surface area contributed by atoms with Gasteiger partial charge in [0, 0.05) is 11.4 Å². The molecule has 0 saturated heterocycles. The lowest BCUT2D eigenvalue weighted by Crippen LogP contribution is -2.15. The molecular weight excluding hydrogens is 310 g/mol. The summed E-state index contributed by atoms with van der Waals surface area (Å²) in [5, 5.41) is 3.50. The van der Waals surface area contributed by atoms with Crippen molar-refractivity contribution in [1.82, 2.24) is 9.97 Å². The van der Waals surface area contributed by atoms with Crippen LogP contribution >= 0.6 is 11.8 Å². The maximum absolute atomic E-state index is 12.1. The van der Waals surface area contributed by atoms with Crippen molar-refractivity contribution in [2.24, 2.45) is 0 Å². The van der Waals surface area contributed by atoms with Crippen LogP contribution in [0.25, 0.3) is 0 Å². The maximum Gasteiger partial charge on any atom is 0.234 e. The summed E-state index contributed by atoms with van der Waals surface area (Å²) in [5.41, 5.74) is 2.49. The summed E-state index contributed by atoms with van der Waals surface area (Å²) in [6.07, 6.45) is 0.919. The first-order valence-corrected chi connectivity index (χ1v) is 8.54. The Labute approximate surface area is 140 Å². The molecule has 1 aromatic heterocycles. The fourth-order valence-corrected chi connectivity index (χ4v) is 2.73. The summed E-state index contributed by atoms with van der Waals surface area (Å²) in [6, 6.07) is 9.35. The molecule has 0 spiro atoms. The Kier molecular flexibility index (Phi) is 6.40. The Morgan fingerprint density at radius 2 is 1.91 bits per heavy atom. The highest BCUT2D eigenvalue weighted by atomic mass is 32.2. The number of carbonyl (C=O) groups excluding carboxylic acids is 1. The van der Waals surface area contributed by atoms with Crippen LogP contribution in [0.4, 0.5) is 5.69 Å². The highest BCUT2D eigenvalue weighted by Gasteiger charge is 2.09.